The molecule has 0 aliphatic heterocycles. The molecule has 72 valence electrons. The zero-order chi connectivity index (χ0) is 9.84. The number of aromatic nitrogens is 1. The monoisotopic (exact) mass is 181 g/mol. The fraction of sp³-hybridized carbons (Fsp3) is 0.444. The molecule has 4 nitrogen and oxygen atoms in total. The van der Waals surface area contributed by atoms with Crippen molar-refractivity contribution in [2.75, 3.05) is 24.3 Å². The maximum Gasteiger partial charge on any atom is 0.146 e. The van der Waals surface area contributed by atoms with Crippen molar-refractivity contribution in [2.45, 2.75) is 13.0 Å². The second-order valence-corrected chi connectivity index (χ2v) is 3.05. The van der Waals surface area contributed by atoms with E-state index < -0.39 is 0 Å². The molecule has 0 aliphatic rings. The lowest BCUT2D eigenvalue weighted by molar-refractivity contribution is 0.270. The van der Waals surface area contributed by atoms with Crippen molar-refractivity contribution in [1.82, 2.24) is 4.98 Å². The molecule has 0 radical (unpaired) electrons. The molecule has 0 amide bonds. The van der Waals surface area contributed by atoms with Gasteiger partial charge in [0.15, 0.2) is 0 Å². The van der Waals surface area contributed by atoms with Crippen LogP contribution in [0.1, 0.15) is 6.92 Å². The van der Waals surface area contributed by atoms with Gasteiger partial charge in [-0.2, -0.15) is 0 Å². The maximum atomic E-state index is 8.95. The van der Waals surface area contributed by atoms with E-state index in [0.29, 0.717) is 5.82 Å². The summed E-state index contributed by atoms with van der Waals surface area (Å²) in [5, 5.41) is 8.95. The minimum atomic E-state index is 0.0477. The van der Waals surface area contributed by atoms with Gasteiger partial charge in [0.25, 0.3) is 0 Å². The third-order valence-corrected chi connectivity index (χ3v) is 2.12. The molecule has 0 saturated carbocycles. The standard InChI is InChI=1S/C9H15N3O/c1-7(6-13)12(2)8-4-3-5-11-9(8)10/h3-5,7,13H,6H2,1-2H3,(H2,10,11). The molecule has 0 aliphatic carbocycles. The Morgan fingerprint density at radius 1 is 1.69 bits per heavy atom. The summed E-state index contributed by atoms with van der Waals surface area (Å²) < 4.78 is 0. The molecule has 0 bridgehead atoms. The average molecular weight is 181 g/mol. The first kappa shape index (κ1) is 9.80. The number of hydrogen-bond donors (Lipinski definition) is 2. The molecule has 1 aromatic heterocycles. The number of nitrogens with two attached hydrogens (primary N) is 1. The highest BCUT2D eigenvalue weighted by Crippen LogP contribution is 2.20. The van der Waals surface area contributed by atoms with Gasteiger partial charge in [0, 0.05) is 19.3 Å². The van der Waals surface area contributed by atoms with E-state index in [0.717, 1.165) is 5.69 Å². The van der Waals surface area contributed by atoms with E-state index in [1.54, 1.807) is 6.20 Å². The van der Waals surface area contributed by atoms with Gasteiger partial charge in [0.1, 0.15) is 5.82 Å². The highest BCUT2D eigenvalue weighted by molar-refractivity contribution is 5.62. The van der Waals surface area contributed by atoms with Crippen molar-refractivity contribution >= 4 is 11.5 Å². The minimum absolute atomic E-state index is 0.0477. The maximum absolute atomic E-state index is 8.95. The van der Waals surface area contributed by atoms with E-state index in [1.165, 1.54) is 0 Å². The number of aliphatic hydroxyl groups excluding tert-OH is 1. The van der Waals surface area contributed by atoms with Crippen LogP contribution in [0.25, 0.3) is 0 Å². The van der Waals surface area contributed by atoms with Crippen molar-refractivity contribution in [2.24, 2.45) is 0 Å². The van der Waals surface area contributed by atoms with Gasteiger partial charge < -0.3 is 15.7 Å². The Bertz CT molecular complexity index is 277. The van der Waals surface area contributed by atoms with E-state index >= 15 is 0 Å². The third kappa shape index (κ3) is 2.09. The molecule has 1 atom stereocenters. The Balaban J connectivity index is 2.88. The predicted molar refractivity (Wildman–Crippen MR) is 53.6 cm³/mol. The number of likely N-dealkylation sites (N-methyl/N-ethyl adjacent to an activating group) is 1. The van der Waals surface area contributed by atoms with Gasteiger partial charge in [-0.15, -0.1) is 0 Å². The van der Waals surface area contributed by atoms with E-state index in [-0.39, 0.29) is 12.6 Å². The van der Waals surface area contributed by atoms with Gasteiger partial charge >= 0.3 is 0 Å². The largest absolute Gasteiger partial charge is 0.394 e. The summed E-state index contributed by atoms with van der Waals surface area (Å²) in [5.74, 6) is 0.491. The number of hydrogen-bond acceptors (Lipinski definition) is 4. The van der Waals surface area contributed by atoms with E-state index in [9.17, 15) is 0 Å². The van der Waals surface area contributed by atoms with Gasteiger partial charge in [-0.1, -0.05) is 0 Å². The number of nitrogen functional groups attached to an aromatic ring is 1. The van der Waals surface area contributed by atoms with E-state index in [2.05, 4.69) is 4.98 Å². The second kappa shape index (κ2) is 4.09. The van der Waals surface area contributed by atoms with Crippen LogP contribution in [0.5, 0.6) is 0 Å². The zero-order valence-electron chi connectivity index (χ0n) is 7.94. The Kier molecular flexibility index (Phi) is 3.08. The summed E-state index contributed by atoms with van der Waals surface area (Å²) >= 11 is 0. The lowest BCUT2D eigenvalue weighted by atomic mass is 10.2. The van der Waals surface area contributed by atoms with Crippen LogP contribution in [-0.2, 0) is 0 Å². The topological polar surface area (TPSA) is 62.4 Å². The van der Waals surface area contributed by atoms with Crippen LogP contribution in [0.3, 0.4) is 0 Å². The highest BCUT2D eigenvalue weighted by atomic mass is 16.3. The number of anilines is 2. The molecule has 1 heterocycles. The Hall–Kier alpha value is -1.29. The summed E-state index contributed by atoms with van der Waals surface area (Å²) in [4.78, 5) is 5.88. The van der Waals surface area contributed by atoms with Crippen LogP contribution in [-0.4, -0.2) is 29.8 Å². The van der Waals surface area contributed by atoms with Gasteiger partial charge in [0.2, 0.25) is 0 Å². The molecule has 0 aromatic carbocycles. The van der Waals surface area contributed by atoms with Crippen molar-refractivity contribution in [3.8, 4) is 0 Å². The van der Waals surface area contributed by atoms with Gasteiger partial charge in [-0.3, -0.25) is 0 Å². The molecular formula is C9H15N3O. The van der Waals surface area contributed by atoms with E-state index in [4.69, 9.17) is 10.8 Å². The number of pyridine rings is 1. The van der Waals surface area contributed by atoms with Crippen LogP contribution < -0.4 is 10.6 Å². The zero-order valence-corrected chi connectivity index (χ0v) is 7.94. The summed E-state index contributed by atoms with van der Waals surface area (Å²) in [7, 11) is 1.88. The average Bonchev–Trinajstić information content (AvgIpc) is 2.16. The molecule has 0 saturated heterocycles. The van der Waals surface area contributed by atoms with Crippen molar-refractivity contribution in [1.29, 1.82) is 0 Å². The highest BCUT2D eigenvalue weighted by Gasteiger charge is 2.11. The Morgan fingerprint density at radius 3 is 2.92 bits per heavy atom. The van der Waals surface area contributed by atoms with Crippen LogP contribution in [0.4, 0.5) is 11.5 Å². The summed E-state index contributed by atoms with van der Waals surface area (Å²) in [6.07, 6.45) is 1.65. The van der Waals surface area contributed by atoms with Crippen LogP contribution in [0, 0.1) is 0 Å². The molecule has 0 spiro atoms. The van der Waals surface area contributed by atoms with Gasteiger partial charge in [0.05, 0.1) is 12.3 Å². The number of aliphatic hydroxyl groups is 1. The molecule has 1 unspecified atom stereocenters. The number of nitrogens with zero attached hydrogens (tertiary/aromatic N) is 2. The van der Waals surface area contributed by atoms with Crippen LogP contribution in [0.2, 0.25) is 0 Å². The fourth-order valence-electron chi connectivity index (χ4n) is 1.07. The molecular weight excluding hydrogens is 166 g/mol. The fourth-order valence-corrected chi connectivity index (χ4v) is 1.07. The summed E-state index contributed by atoms with van der Waals surface area (Å²) in [5.41, 5.74) is 6.53. The van der Waals surface area contributed by atoms with Crippen LogP contribution >= 0.6 is 0 Å². The first-order valence-electron chi connectivity index (χ1n) is 4.21. The lowest BCUT2D eigenvalue weighted by Gasteiger charge is -2.25. The smallest absolute Gasteiger partial charge is 0.146 e. The Morgan fingerprint density at radius 2 is 2.38 bits per heavy atom. The van der Waals surface area contributed by atoms with Crippen molar-refractivity contribution in [3.63, 3.8) is 0 Å². The first-order chi connectivity index (χ1) is 6.16. The minimum Gasteiger partial charge on any atom is -0.394 e. The normalized spacial score (nSPS) is 12.5. The molecule has 13 heavy (non-hydrogen) atoms. The predicted octanol–water partition coefficient (Wildman–Crippen LogP) is 0.481. The second-order valence-electron chi connectivity index (χ2n) is 3.05. The third-order valence-electron chi connectivity index (χ3n) is 2.12. The van der Waals surface area contributed by atoms with Gasteiger partial charge in [-0.05, 0) is 19.1 Å². The quantitative estimate of drug-likeness (QED) is 0.712. The van der Waals surface area contributed by atoms with Crippen LogP contribution in [0.15, 0.2) is 18.3 Å². The Labute approximate surface area is 78.0 Å². The molecule has 0 fully saturated rings. The molecule has 4 heteroatoms. The molecule has 1 aromatic rings. The summed E-state index contributed by atoms with van der Waals surface area (Å²) in [6.45, 7) is 2.03. The number of rotatable bonds is 3. The summed E-state index contributed by atoms with van der Waals surface area (Å²) in [6, 6.07) is 3.76. The SMILES string of the molecule is CC(CO)N(C)c1cccnc1N. The lowest BCUT2D eigenvalue weighted by Crippen LogP contribution is -2.32. The molecule has 1 rings (SSSR count). The van der Waals surface area contributed by atoms with Crippen molar-refractivity contribution in [3.05, 3.63) is 18.3 Å². The first-order valence-corrected chi connectivity index (χ1v) is 4.21. The molecule has 3 N–H and O–H groups in total. The van der Waals surface area contributed by atoms with Gasteiger partial charge in [-0.25, -0.2) is 4.98 Å². The van der Waals surface area contributed by atoms with Crippen molar-refractivity contribution < 1.29 is 5.11 Å². The van der Waals surface area contributed by atoms with E-state index in [1.807, 2.05) is 31.0 Å².